The molecule has 1 N–H and O–H groups in total. The third kappa shape index (κ3) is 5.38. The molecule has 1 aromatic rings. The SMILES string of the molecule is CC(CNC(=O)c1cc(Br)ccc1Br)CN1CCCCC1. The summed E-state index contributed by atoms with van der Waals surface area (Å²) in [7, 11) is 0. The molecule has 0 saturated carbocycles. The number of hydrogen-bond donors (Lipinski definition) is 1. The third-order valence-electron chi connectivity index (χ3n) is 3.80. The number of carbonyl (C=O) groups is 1. The number of amides is 1. The molecule has 0 spiro atoms. The van der Waals surface area contributed by atoms with Gasteiger partial charge in [0, 0.05) is 22.0 Å². The average molecular weight is 418 g/mol. The van der Waals surface area contributed by atoms with Crippen molar-refractivity contribution in [3.8, 4) is 0 Å². The van der Waals surface area contributed by atoms with Crippen molar-refractivity contribution in [3.63, 3.8) is 0 Å². The fraction of sp³-hybridized carbons (Fsp3) is 0.562. The van der Waals surface area contributed by atoms with Crippen molar-refractivity contribution in [3.05, 3.63) is 32.7 Å². The van der Waals surface area contributed by atoms with Gasteiger partial charge in [0.05, 0.1) is 5.56 Å². The minimum absolute atomic E-state index is 0.0198. The highest BCUT2D eigenvalue weighted by molar-refractivity contribution is 9.11. The van der Waals surface area contributed by atoms with Gasteiger partial charge >= 0.3 is 0 Å². The Morgan fingerprint density at radius 1 is 1.29 bits per heavy atom. The van der Waals surface area contributed by atoms with E-state index in [1.54, 1.807) is 0 Å². The number of hydrogen-bond acceptors (Lipinski definition) is 2. The zero-order chi connectivity index (χ0) is 15.2. The van der Waals surface area contributed by atoms with Crippen molar-refractivity contribution < 1.29 is 4.79 Å². The molecule has 116 valence electrons. The summed E-state index contributed by atoms with van der Waals surface area (Å²) in [5, 5.41) is 3.04. The molecule has 1 unspecified atom stereocenters. The van der Waals surface area contributed by atoms with Gasteiger partial charge in [-0.25, -0.2) is 0 Å². The van der Waals surface area contributed by atoms with E-state index in [9.17, 15) is 4.79 Å². The number of likely N-dealkylation sites (tertiary alicyclic amines) is 1. The van der Waals surface area contributed by atoms with Crippen LogP contribution in [0.3, 0.4) is 0 Å². The fourth-order valence-electron chi connectivity index (χ4n) is 2.68. The van der Waals surface area contributed by atoms with Gasteiger partial charge in [0.1, 0.15) is 0 Å². The fourth-order valence-corrected chi connectivity index (χ4v) is 3.47. The largest absolute Gasteiger partial charge is 0.352 e. The van der Waals surface area contributed by atoms with Gasteiger partial charge in [-0.05, 0) is 66.0 Å². The lowest BCUT2D eigenvalue weighted by atomic mass is 10.1. The maximum Gasteiger partial charge on any atom is 0.252 e. The maximum absolute atomic E-state index is 12.2. The second-order valence-electron chi connectivity index (χ2n) is 5.80. The summed E-state index contributed by atoms with van der Waals surface area (Å²) in [6.07, 6.45) is 3.98. The second kappa shape index (κ2) is 8.30. The van der Waals surface area contributed by atoms with Crippen molar-refractivity contribution in [1.82, 2.24) is 10.2 Å². The summed E-state index contributed by atoms with van der Waals surface area (Å²) in [4.78, 5) is 14.7. The van der Waals surface area contributed by atoms with Crippen LogP contribution in [0.4, 0.5) is 0 Å². The van der Waals surface area contributed by atoms with Crippen LogP contribution in [-0.4, -0.2) is 37.0 Å². The lowest BCUT2D eigenvalue weighted by Crippen LogP contribution is -2.38. The highest BCUT2D eigenvalue weighted by Gasteiger charge is 2.15. The summed E-state index contributed by atoms with van der Waals surface area (Å²) in [5.74, 6) is 0.451. The zero-order valence-corrected chi connectivity index (χ0v) is 15.5. The molecule has 0 aliphatic carbocycles. The first kappa shape index (κ1) is 17.0. The van der Waals surface area contributed by atoms with E-state index < -0.39 is 0 Å². The lowest BCUT2D eigenvalue weighted by molar-refractivity contribution is 0.0941. The molecule has 1 atom stereocenters. The first-order valence-electron chi connectivity index (χ1n) is 7.52. The highest BCUT2D eigenvalue weighted by atomic mass is 79.9. The predicted octanol–water partition coefficient (Wildman–Crippen LogP) is 4.06. The van der Waals surface area contributed by atoms with Crippen LogP contribution in [-0.2, 0) is 0 Å². The monoisotopic (exact) mass is 416 g/mol. The van der Waals surface area contributed by atoms with Gasteiger partial charge in [0.15, 0.2) is 0 Å². The molecule has 1 aliphatic heterocycles. The molecule has 3 nitrogen and oxygen atoms in total. The number of halogens is 2. The number of piperidine rings is 1. The summed E-state index contributed by atoms with van der Waals surface area (Å²) in [6.45, 7) is 6.39. The van der Waals surface area contributed by atoms with Crippen molar-refractivity contribution >= 4 is 37.8 Å². The molecule has 1 saturated heterocycles. The Bertz CT molecular complexity index is 487. The van der Waals surface area contributed by atoms with Crippen LogP contribution in [0, 0.1) is 5.92 Å². The van der Waals surface area contributed by atoms with E-state index in [1.165, 1.54) is 32.4 Å². The van der Waals surface area contributed by atoms with Gasteiger partial charge < -0.3 is 10.2 Å². The molecular formula is C16H22Br2N2O. The minimum atomic E-state index is -0.0198. The van der Waals surface area contributed by atoms with E-state index in [4.69, 9.17) is 0 Å². The van der Waals surface area contributed by atoms with E-state index >= 15 is 0 Å². The number of nitrogens with one attached hydrogen (secondary N) is 1. The molecule has 2 rings (SSSR count). The van der Waals surface area contributed by atoms with E-state index in [-0.39, 0.29) is 5.91 Å². The molecular weight excluding hydrogens is 396 g/mol. The molecule has 0 bridgehead atoms. The van der Waals surface area contributed by atoms with E-state index in [1.807, 2.05) is 18.2 Å². The van der Waals surface area contributed by atoms with Crippen LogP contribution in [0.2, 0.25) is 0 Å². The van der Waals surface area contributed by atoms with Crippen LogP contribution in [0.5, 0.6) is 0 Å². The molecule has 21 heavy (non-hydrogen) atoms. The number of rotatable bonds is 5. The normalized spacial score (nSPS) is 17.5. The molecule has 1 fully saturated rings. The molecule has 1 aliphatic rings. The lowest BCUT2D eigenvalue weighted by Gasteiger charge is -2.29. The van der Waals surface area contributed by atoms with Gasteiger partial charge in [-0.2, -0.15) is 0 Å². The van der Waals surface area contributed by atoms with Gasteiger partial charge in [0.2, 0.25) is 0 Å². The summed E-state index contributed by atoms with van der Waals surface area (Å²) < 4.78 is 1.74. The van der Waals surface area contributed by atoms with Crippen LogP contribution in [0.15, 0.2) is 27.1 Å². The topological polar surface area (TPSA) is 32.3 Å². The Hall–Kier alpha value is -0.390. The smallest absolute Gasteiger partial charge is 0.252 e. The average Bonchev–Trinajstić information content (AvgIpc) is 2.48. The van der Waals surface area contributed by atoms with Crippen molar-refractivity contribution in [2.75, 3.05) is 26.2 Å². The molecule has 1 heterocycles. The van der Waals surface area contributed by atoms with Crippen molar-refractivity contribution in [2.24, 2.45) is 5.92 Å². The number of nitrogens with zero attached hydrogens (tertiary/aromatic N) is 1. The quantitative estimate of drug-likeness (QED) is 0.783. The Balaban J connectivity index is 1.81. The Kier molecular flexibility index (Phi) is 6.71. The molecule has 1 aromatic carbocycles. The Morgan fingerprint density at radius 3 is 2.71 bits per heavy atom. The number of carbonyl (C=O) groups excluding carboxylic acids is 1. The van der Waals surface area contributed by atoms with E-state index in [2.05, 4.69) is 49.0 Å². The van der Waals surface area contributed by atoms with Gasteiger partial charge in [0.25, 0.3) is 5.91 Å². The Morgan fingerprint density at radius 2 is 2.00 bits per heavy atom. The molecule has 0 radical (unpaired) electrons. The zero-order valence-electron chi connectivity index (χ0n) is 12.4. The standard InChI is InChI=1S/C16H22Br2N2O/c1-12(11-20-7-3-2-4-8-20)10-19-16(21)14-9-13(17)5-6-15(14)18/h5-6,9,12H,2-4,7-8,10-11H2,1H3,(H,19,21). The second-order valence-corrected chi connectivity index (χ2v) is 7.57. The van der Waals surface area contributed by atoms with Crippen LogP contribution in [0.1, 0.15) is 36.5 Å². The Labute approximate surface area is 143 Å². The highest BCUT2D eigenvalue weighted by Crippen LogP contribution is 2.21. The number of benzene rings is 1. The minimum Gasteiger partial charge on any atom is -0.352 e. The van der Waals surface area contributed by atoms with Gasteiger partial charge in [-0.1, -0.05) is 29.3 Å². The van der Waals surface area contributed by atoms with Crippen LogP contribution < -0.4 is 5.32 Å². The summed E-state index contributed by atoms with van der Waals surface area (Å²) in [6, 6.07) is 5.64. The third-order valence-corrected chi connectivity index (χ3v) is 4.99. The molecule has 0 aromatic heterocycles. The van der Waals surface area contributed by atoms with E-state index in [0.717, 1.165) is 15.5 Å². The van der Waals surface area contributed by atoms with Crippen molar-refractivity contribution in [1.29, 1.82) is 0 Å². The summed E-state index contributed by atoms with van der Waals surface area (Å²) in [5.41, 5.74) is 0.676. The predicted molar refractivity (Wildman–Crippen MR) is 93.6 cm³/mol. The maximum atomic E-state index is 12.2. The van der Waals surface area contributed by atoms with Crippen molar-refractivity contribution in [2.45, 2.75) is 26.2 Å². The van der Waals surface area contributed by atoms with Gasteiger partial charge in [-0.15, -0.1) is 0 Å². The molecule has 1 amide bonds. The van der Waals surface area contributed by atoms with Crippen LogP contribution in [0.25, 0.3) is 0 Å². The first-order valence-corrected chi connectivity index (χ1v) is 9.10. The van der Waals surface area contributed by atoms with Gasteiger partial charge in [-0.3, -0.25) is 4.79 Å². The first-order chi connectivity index (χ1) is 10.1. The molecule has 5 heteroatoms. The summed E-state index contributed by atoms with van der Waals surface area (Å²) >= 11 is 6.83. The van der Waals surface area contributed by atoms with Crippen LogP contribution >= 0.6 is 31.9 Å². The van der Waals surface area contributed by atoms with E-state index in [0.29, 0.717) is 18.0 Å².